The van der Waals surface area contributed by atoms with E-state index in [-0.39, 0.29) is 5.91 Å². The molecule has 1 aromatic heterocycles. The van der Waals surface area contributed by atoms with Crippen molar-refractivity contribution in [1.82, 2.24) is 5.32 Å². The number of hydrogen-bond acceptors (Lipinski definition) is 2. The minimum Gasteiger partial charge on any atom is -0.463 e. The van der Waals surface area contributed by atoms with Gasteiger partial charge in [0, 0.05) is 17.8 Å². The minimum absolute atomic E-state index is 0.0600. The molecule has 1 heterocycles. The van der Waals surface area contributed by atoms with Gasteiger partial charge >= 0.3 is 0 Å². The van der Waals surface area contributed by atoms with Crippen LogP contribution >= 0.6 is 11.6 Å². The summed E-state index contributed by atoms with van der Waals surface area (Å²) in [6.45, 7) is 0.704. The fourth-order valence-corrected chi connectivity index (χ4v) is 3.46. The van der Waals surface area contributed by atoms with Crippen LogP contribution in [0.15, 0.2) is 34.9 Å². The summed E-state index contributed by atoms with van der Waals surface area (Å²) in [6, 6.07) is 7.59. The average molecular weight is 292 g/mol. The Morgan fingerprint density at radius 3 is 2.95 bits per heavy atom. The molecule has 1 aliphatic carbocycles. The molecule has 4 heteroatoms. The molecule has 3 rings (SSSR count). The van der Waals surface area contributed by atoms with E-state index in [1.54, 1.807) is 0 Å². The van der Waals surface area contributed by atoms with Crippen LogP contribution in [0.3, 0.4) is 0 Å². The Morgan fingerprint density at radius 2 is 2.10 bits per heavy atom. The van der Waals surface area contributed by atoms with E-state index in [0.717, 1.165) is 17.4 Å². The molecule has 0 radical (unpaired) electrons. The lowest BCUT2D eigenvalue weighted by Crippen LogP contribution is -2.31. The fraction of sp³-hybridized carbons (Fsp3) is 0.438. The van der Waals surface area contributed by atoms with Crippen molar-refractivity contribution in [3.63, 3.8) is 0 Å². The largest absolute Gasteiger partial charge is 0.463 e. The first-order chi connectivity index (χ1) is 9.79. The first-order valence-corrected chi connectivity index (χ1v) is 7.63. The Bertz CT molecular complexity index is 607. The van der Waals surface area contributed by atoms with Gasteiger partial charge in [0.2, 0.25) is 0 Å². The van der Waals surface area contributed by atoms with Gasteiger partial charge in [-0.25, -0.2) is 0 Å². The molecule has 1 amide bonds. The van der Waals surface area contributed by atoms with Crippen molar-refractivity contribution in [2.24, 2.45) is 11.8 Å². The number of alkyl halides is 1. The summed E-state index contributed by atoms with van der Waals surface area (Å²) in [7, 11) is 0. The monoisotopic (exact) mass is 291 g/mol. The maximum atomic E-state index is 12.3. The van der Waals surface area contributed by atoms with Crippen LogP contribution in [0.1, 0.15) is 29.6 Å². The van der Waals surface area contributed by atoms with Gasteiger partial charge in [-0.05, 0) is 30.7 Å². The van der Waals surface area contributed by atoms with E-state index in [4.69, 9.17) is 16.0 Å². The Balaban J connectivity index is 1.67. The van der Waals surface area contributed by atoms with Gasteiger partial charge in [-0.15, -0.1) is 11.6 Å². The van der Waals surface area contributed by atoms with Crippen LogP contribution in [0.25, 0.3) is 11.0 Å². The number of rotatable bonds is 4. The van der Waals surface area contributed by atoms with Gasteiger partial charge in [-0.3, -0.25) is 4.79 Å². The zero-order chi connectivity index (χ0) is 13.9. The number of carbonyl (C=O) groups excluding carboxylic acids is 1. The first-order valence-electron chi connectivity index (χ1n) is 7.10. The first kappa shape index (κ1) is 13.5. The molecule has 1 saturated carbocycles. The standard InChI is InChI=1S/C16H18ClNO2/c17-8-11-4-3-5-12(11)9-18-16(19)14-10-20-15-7-2-1-6-13(14)15/h1-2,6-7,10-12H,3-5,8-9H2,(H,18,19). The number of nitrogens with one attached hydrogen (secondary N) is 1. The highest BCUT2D eigenvalue weighted by Crippen LogP contribution is 2.32. The van der Waals surface area contributed by atoms with Gasteiger partial charge in [0.1, 0.15) is 11.8 Å². The highest BCUT2D eigenvalue weighted by atomic mass is 35.5. The number of hydrogen-bond donors (Lipinski definition) is 1. The molecule has 1 aliphatic rings. The third-order valence-corrected chi connectivity index (χ3v) is 4.66. The van der Waals surface area contributed by atoms with Crippen molar-refractivity contribution in [2.45, 2.75) is 19.3 Å². The Morgan fingerprint density at radius 1 is 1.30 bits per heavy atom. The number of amides is 1. The third-order valence-electron chi connectivity index (χ3n) is 4.27. The Kier molecular flexibility index (Phi) is 3.97. The lowest BCUT2D eigenvalue weighted by molar-refractivity contribution is 0.0945. The third kappa shape index (κ3) is 2.55. The van der Waals surface area contributed by atoms with E-state index in [1.807, 2.05) is 24.3 Å². The van der Waals surface area contributed by atoms with E-state index < -0.39 is 0 Å². The van der Waals surface area contributed by atoms with Crippen LogP contribution in [0.4, 0.5) is 0 Å². The van der Waals surface area contributed by atoms with Crippen molar-refractivity contribution in [3.05, 3.63) is 36.1 Å². The van der Waals surface area contributed by atoms with Crippen LogP contribution in [0.2, 0.25) is 0 Å². The van der Waals surface area contributed by atoms with E-state index in [2.05, 4.69) is 5.32 Å². The fourth-order valence-electron chi connectivity index (χ4n) is 3.06. The number of carbonyl (C=O) groups is 1. The maximum absolute atomic E-state index is 12.3. The lowest BCUT2D eigenvalue weighted by Gasteiger charge is -2.17. The van der Waals surface area contributed by atoms with E-state index in [0.29, 0.717) is 29.8 Å². The summed E-state index contributed by atoms with van der Waals surface area (Å²) in [5.41, 5.74) is 1.36. The van der Waals surface area contributed by atoms with Crippen molar-refractivity contribution < 1.29 is 9.21 Å². The van der Waals surface area contributed by atoms with E-state index in [9.17, 15) is 4.79 Å². The summed E-state index contributed by atoms with van der Waals surface area (Å²) in [4.78, 5) is 12.3. The molecule has 1 N–H and O–H groups in total. The van der Waals surface area contributed by atoms with Crippen LogP contribution in [0, 0.1) is 11.8 Å². The van der Waals surface area contributed by atoms with Crippen molar-refractivity contribution in [1.29, 1.82) is 0 Å². The minimum atomic E-state index is -0.0600. The molecular weight excluding hydrogens is 274 g/mol. The van der Waals surface area contributed by atoms with Gasteiger partial charge in [-0.2, -0.15) is 0 Å². The predicted molar refractivity (Wildman–Crippen MR) is 80.1 cm³/mol. The number of para-hydroxylation sites is 1. The molecule has 1 aromatic carbocycles. The molecule has 0 saturated heterocycles. The van der Waals surface area contributed by atoms with Gasteiger partial charge in [0.25, 0.3) is 5.91 Å². The molecule has 2 unspecified atom stereocenters. The van der Waals surface area contributed by atoms with Crippen molar-refractivity contribution in [3.8, 4) is 0 Å². The lowest BCUT2D eigenvalue weighted by atomic mass is 9.98. The molecule has 2 aromatic rings. The summed E-state index contributed by atoms with van der Waals surface area (Å²) < 4.78 is 5.40. The van der Waals surface area contributed by atoms with Crippen LogP contribution in [-0.4, -0.2) is 18.3 Å². The number of furan rings is 1. The second-order valence-electron chi connectivity index (χ2n) is 5.46. The second-order valence-corrected chi connectivity index (χ2v) is 5.77. The van der Waals surface area contributed by atoms with E-state index in [1.165, 1.54) is 19.1 Å². The molecule has 3 nitrogen and oxygen atoms in total. The highest BCUT2D eigenvalue weighted by Gasteiger charge is 2.27. The summed E-state index contributed by atoms with van der Waals surface area (Å²) in [5, 5.41) is 3.89. The number of halogens is 1. The quantitative estimate of drug-likeness (QED) is 0.870. The van der Waals surface area contributed by atoms with Gasteiger partial charge in [-0.1, -0.05) is 24.6 Å². The highest BCUT2D eigenvalue weighted by molar-refractivity contribution is 6.18. The van der Waals surface area contributed by atoms with Crippen molar-refractivity contribution in [2.75, 3.05) is 12.4 Å². The van der Waals surface area contributed by atoms with E-state index >= 15 is 0 Å². The maximum Gasteiger partial charge on any atom is 0.255 e. The molecule has 2 atom stereocenters. The van der Waals surface area contributed by atoms with Crippen LogP contribution in [-0.2, 0) is 0 Å². The Labute approximate surface area is 123 Å². The second kappa shape index (κ2) is 5.88. The molecule has 20 heavy (non-hydrogen) atoms. The van der Waals surface area contributed by atoms with Gasteiger partial charge in [0.15, 0.2) is 0 Å². The molecule has 0 bridgehead atoms. The predicted octanol–water partition coefficient (Wildman–Crippen LogP) is 3.82. The number of benzene rings is 1. The van der Waals surface area contributed by atoms with Gasteiger partial charge < -0.3 is 9.73 Å². The summed E-state index contributed by atoms with van der Waals surface area (Å²) in [5.74, 6) is 1.68. The zero-order valence-electron chi connectivity index (χ0n) is 11.3. The topological polar surface area (TPSA) is 42.2 Å². The average Bonchev–Trinajstić information content (AvgIpc) is 3.11. The SMILES string of the molecule is O=C(NCC1CCCC1CCl)c1coc2ccccc12. The normalized spacial score (nSPS) is 22.2. The molecule has 0 spiro atoms. The molecule has 0 aliphatic heterocycles. The summed E-state index contributed by atoms with van der Waals surface area (Å²) in [6.07, 6.45) is 5.09. The van der Waals surface area contributed by atoms with Gasteiger partial charge in [0.05, 0.1) is 5.56 Å². The number of fused-ring (bicyclic) bond motifs is 1. The smallest absolute Gasteiger partial charge is 0.255 e. The van der Waals surface area contributed by atoms with Crippen molar-refractivity contribution >= 4 is 28.5 Å². The zero-order valence-corrected chi connectivity index (χ0v) is 12.0. The molecule has 1 fully saturated rings. The Hall–Kier alpha value is -1.48. The molecular formula is C16H18ClNO2. The summed E-state index contributed by atoms with van der Waals surface area (Å²) >= 11 is 5.97. The van der Waals surface area contributed by atoms with Crippen LogP contribution in [0.5, 0.6) is 0 Å². The van der Waals surface area contributed by atoms with Crippen LogP contribution < -0.4 is 5.32 Å². The molecule has 106 valence electrons.